The lowest BCUT2D eigenvalue weighted by molar-refractivity contribution is -0.139. The van der Waals surface area contributed by atoms with Crippen LogP contribution in [-0.2, 0) is 15.8 Å². The van der Waals surface area contributed by atoms with Gasteiger partial charge in [0.05, 0.1) is 22.8 Å². The van der Waals surface area contributed by atoms with E-state index in [1.165, 1.54) is 18.2 Å². The molecule has 1 fully saturated rings. The highest BCUT2D eigenvalue weighted by Crippen LogP contribution is 2.34. The Labute approximate surface area is 195 Å². The van der Waals surface area contributed by atoms with Crippen LogP contribution in [0.15, 0.2) is 42.5 Å². The summed E-state index contributed by atoms with van der Waals surface area (Å²) >= 11 is 6.13. The van der Waals surface area contributed by atoms with Gasteiger partial charge in [-0.2, -0.15) is 13.2 Å². The molecule has 178 valence electrons. The van der Waals surface area contributed by atoms with Crippen LogP contribution in [0, 0.1) is 6.92 Å². The molecule has 1 unspecified atom stereocenters. The molecule has 3 rings (SSSR count). The van der Waals surface area contributed by atoms with Crippen LogP contribution in [0.2, 0.25) is 5.02 Å². The molecule has 2 aromatic carbocycles. The Morgan fingerprint density at radius 2 is 1.79 bits per heavy atom. The van der Waals surface area contributed by atoms with Crippen molar-refractivity contribution in [2.24, 2.45) is 0 Å². The molecular weight excluding hydrogens is 459 g/mol. The average molecular weight is 484 g/mol. The van der Waals surface area contributed by atoms with Gasteiger partial charge in [-0.3, -0.25) is 14.5 Å². The van der Waals surface area contributed by atoms with Crippen LogP contribution >= 0.6 is 11.6 Å². The average Bonchev–Trinajstić information content (AvgIpc) is 2.76. The summed E-state index contributed by atoms with van der Waals surface area (Å²) in [6, 6.07) is 10.2. The first-order chi connectivity index (χ1) is 15.5. The number of benzene rings is 2. The van der Waals surface area contributed by atoms with Crippen molar-refractivity contribution in [2.75, 3.05) is 38.0 Å². The van der Waals surface area contributed by atoms with E-state index in [0.29, 0.717) is 37.0 Å². The first-order valence-corrected chi connectivity index (χ1v) is 10.8. The highest BCUT2D eigenvalue weighted by molar-refractivity contribution is 6.32. The lowest BCUT2D eigenvalue weighted by Crippen LogP contribution is -2.53. The van der Waals surface area contributed by atoms with Crippen molar-refractivity contribution in [1.29, 1.82) is 0 Å². The van der Waals surface area contributed by atoms with Crippen molar-refractivity contribution < 1.29 is 27.5 Å². The zero-order valence-electron chi connectivity index (χ0n) is 18.3. The number of anilines is 1. The summed E-state index contributed by atoms with van der Waals surface area (Å²) in [4.78, 5) is 28.5. The van der Waals surface area contributed by atoms with Crippen LogP contribution in [-0.4, -0.2) is 60.4 Å². The molecule has 0 saturated carbocycles. The molecule has 33 heavy (non-hydrogen) atoms. The lowest BCUT2D eigenvalue weighted by atomic mass is 10.1. The third-order valence-corrected chi connectivity index (χ3v) is 5.61. The molecule has 0 spiro atoms. The van der Waals surface area contributed by atoms with Crippen molar-refractivity contribution in [3.05, 3.63) is 58.6 Å². The maximum Gasteiger partial charge on any atom is 0.418 e. The Kier molecular flexibility index (Phi) is 7.86. The maximum absolute atomic E-state index is 13.1. The second kappa shape index (κ2) is 10.4. The van der Waals surface area contributed by atoms with Crippen molar-refractivity contribution in [2.45, 2.75) is 26.1 Å². The van der Waals surface area contributed by atoms with Gasteiger partial charge in [-0.05, 0) is 43.7 Å². The van der Waals surface area contributed by atoms with Gasteiger partial charge >= 0.3 is 6.18 Å². The van der Waals surface area contributed by atoms with Crippen molar-refractivity contribution >= 4 is 29.1 Å². The number of alkyl halides is 3. The highest BCUT2D eigenvalue weighted by atomic mass is 35.5. The fraction of sp³-hybridized carbons (Fsp3) is 0.391. The molecule has 1 aliphatic heterocycles. The van der Waals surface area contributed by atoms with E-state index in [4.69, 9.17) is 16.3 Å². The minimum Gasteiger partial charge on any atom is -0.479 e. The summed E-state index contributed by atoms with van der Waals surface area (Å²) in [5, 5.41) is 2.76. The normalized spacial score (nSPS) is 15.8. The molecule has 1 N–H and O–H groups in total. The summed E-state index contributed by atoms with van der Waals surface area (Å²) in [5.41, 5.74) is -0.208. The van der Waals surface area contributed by atoms with Gasteiger partial charge in [0.15, 0.2) is 6.10 Å². The minimum atomic E-state index is -4.56. The molecule has 0 bridgehead atoms. The number of halogens is 4. The van der Waals surface area contributed by atoms with Gasteiger partial charge < -0.3 is 15.0 Å². The summed E-state index contributed by atoms with van der Waals surface area (Å²) in [6.07, 6.45) is -5.30. The fourth-order valence-corrected chi connectivity index (χ4v) is 3.72. The smallest absolute Gasteiger partial charge is 0.418 e. The standard InChI is InChI=1S/C23H25ClF3N3O3/c1-15-7-8-18(24)20(13-15)33-16(2)22(32)30-11-9-29(10-12-30)14-21(31)28-19-6-4-3-5-17(19)23(25,26)27/h3-8,13,16H,9-12,14H2,1-2H3,(H,28,31). The van der Waals surface area contributed by atoms with E-state index in [9.17, 15) is 22.8 Å². The number of carbonyl (C=O) groups excluding carboxylic acids is 2. The molecular formula is C23H25ClF3N3O3. The summed E-state index contributed by atoms with van der Waals surface area (Å²) in [7, 11) is 0. The number of piperazine rings is 1. The number of nitrogens with one attached hydrogen (secondary N) is 1. The van der Waals surface area contributed by atoms with Gasteiger partial charge in [0.1, 0.15) is 5.75 Å². The van der Waals surface area contributed by atoms with Crippen LogP contribution in [0.4, 0.5) is 18.9 Å². The van der Waals surface area contributed by atoms with Crippen molar-refractivity contribution in [3.8, 4) is 5.75 Å². The Bertz CT molecular complexity index is 1010. The quantitative estimate of drug-likeness (QED) is 0.668. The first kappa shape index (κ1) is 24.9. The molecule has 1 heterocycles. The molecule has 6 nitrogen and oxygen atoms in total. The monoisotopic (exact) mass is 483 g/mol. The predicted octanol–water partition coefficient (Wildman–Crippen LogP) is 4.22. The number of ether oxygens (including phenoxy) is 1. The summed E-state index contributed by atoms with van der Waals surface area (Å²) in [6.45, 7) is 5.06. The Morgan fingerprint density at radius 3 is 2.45 bits per heavy atom. The van der Waals surface area contributed by atoms with Gasteiger partial charge in [0.2, 0.25) is 5.91 Å². The van der Waals surface area contributed by atoms with E-state index in [0.717, 1.165) is 11.6 Å². The number of aryl methyl sites for hydroxylation is 1. The third-order valence-electron chi connectivity index (χ3n) is 5.30. The second-order valence-electron chi connectivity index (χ2n) is 7.89. The lowest BCUT2D eigenvalue weighted by Gasteiger charge is -2.35. The highest BCUT2D eigenvalue weighted by Gasteiger charge is 2.34. The predicted molar refractivity (Wildman–Crippen MR) is 119 cm³/mol. The van der Waals surface area contributed by atoms with Crippen LogP contribution in [0.25, 0.3) is 0 Å². The van der Waals surface area contributed by atoms with Crippen LogP contribution in [0.5, 0.6) is 5.75 Å². The molecule has 1 saturated heterocycles. The number of amides is 2. The van der Waals surface area contributed by atoms with Crippen LogP contribution in [0.1, 0.15) is 18.1 Å². The van der Waals surface area contributed by atoms with Crippen molar-refractivity contribution in [1.82, 2.24) is 9.80 Å². The molecule has 2 aromatic rings. The third kappa shape index (κ3) is 6.61. The fourth-order valence-electron chi connectivity index (χ4n) is 3.56. The van der Waals surface area contributed by atoms with E-state index in [1.54, 1.807) is 28.9 Å². The molecule has 0 aromatic heterocycles. The molecule has 2 amide bonds. The van der Waals surface area contributed by atoms with Gasteiger partial charge in [-0.15, -0.1) is 0 Å². The number of para-hydroxylation sites is 1. The summed E-state index contributed by atoms with van der Waals surface area (Å²) < 4.78 is 45.1. The maximum atomic E-state index is 13.1. The zero-order valence-corrected chi connectivity index (χ0v) is 19.0. The Balaban J connectivity index is 1.50. The molecule has 0 aliphatic carbocycles. The molecule has 10 heteroatoms. The van der Waals surface area contributed by atoms with Gasteiger partial charge in [0, 0.05) is 26.2 Å². The first-order valence-electron chi connectivity index (χ1n) is 10.4. The molecule has 1 aliphatic rings. The van der Waals surface area contributed by atoms with Gasteiger partial charge in [-0.1, -0.05) is 29.8 Å². The van der Waals surface area contributed by atoms with E-state index < -0.39 is 23.8 Å². The topological polar surface area (TPSA) is 61.9 Å². The number of nitrogens with zero attached hydrogens (tertiary/aromatic N) is 2. The van der Waals surface area contributed by atoms with Crippen LogP contribution in [0.3, 0.4) is 0 Å². The Morgan fingerprint density at radius 1 is 1.12 bits per heavy atom. The van der Waals surface area contributed by atoms with Crippen molar-refractivity contribution in [3.63, 3.8) is 0 Å². The number of rotatable bonds is 6. The SMILES string of the molecule is Cc1ccc(Cl)c(OC(C)C(=O)N2CCN(CC(=O)Nc3ccccc3C(F)(F)F)CC2)c1. The summed E-state index contributed by atoms with van der Waals surface area (Å²) in [5.74, 6) is -0.306. The van der Waals surface area contributed by atoms with E-state index in [1.807, 2.05) is 13.0 Å². The number of hydrogen-bond donors (Lipinski definition) is 1. The second-order valence-corrected chi connectivity index (χ2v) is 8.29. The van der Waals surface area contributed by atoms with Gasteiger partial charge in [-0.25, -0.2) is 0 Å². The number of carbonyl (C=O) groups is 2. The van der Waals surface area contributed by atoms with E-state index in [2.05, 4.69) is 5.32 Å². The molecule has 0 radical (unpaired) electrons. The van der Waals surface area contributed by atoms with E-state index in [-0.39, 0.29) is 18.1 Å². The van der Waals surface area contributed by atoms with Crippen LogP contribution < -0.4 is 10.1 Å². The zero-order chi connectivity index (χ0) is 24.2. The minimum absolute atomic E-state index is 0.0703. The largest absolute Gasteiger partial charge is 0.479 e. The van der Waals surface area contributed by atoms with Gasteiger partial charge in [0.25, 0.3) is 5.91 Å². The number of hydrogen-bond acceptors (Lipinski definition) is 4. The Hall–Kier alpha value is -2.78. The van der Waals surface area contributed by atoms with E-state index >= 15 is 0 Å². The molecule has 1 atom stereocenters.